The summed E-state index contributed by atoms with van der Waals surface area (Å²) in [6.07, 6.45) is -7.45. The average molecular weight is 491 g/mol. The zero-order valence-electron chi connectivity index (χ0n) is 16.6. The lowest BCUT2D eigenvalue weighted by molar-refractivity contribution is -0.137. The van der Waals surface area contributed by atoms with Crippen molar-refractivity contribution < 1.29 is 35.5 Å². The molecule has 0 aliphatic carbocycles. The van der Waals surface area contributed by atoms with Crippen molar-refractivity contribution in [3.63, 3.8) is 0 Å². The van der Waals surface area contributed by atoms with E-state index in [1.165, 1.54) is 12.1 Å². The SMILES string of the molecule is NC1=N[C@@]2(c3cc(/C=C(\F)c4ccc(C(F)(F)F)cn4)ccc3F)CO[C@H](C(F)F)[C@H]2CS1. The van der Waals surface area contributed by atoms with Crippen molar-refractivity contribution in [1.29, 1.82) is 0 Å². The molecule has 176 valence electrons. The van der Waals surface area contributed by atoms with E-state index in [1.54, 1.807) is 0 Å². The van der Waals surface area contributed by atoms with Crippen LogP contribution in [-0.2, 0) is 16.5 Å². The minimum absolute atomic E-state index is 0.0826. The van der Waals surface area contributed by atoms with Crippen LogP contribution in [0, 0.1) is 11.7 Å². The number of hydrogen-bond acceptors (Lipinski definition) is 5. The highest BCUT2D eigenvalue weighted by Gasteiger charge is 2.56. The quantitative estimate of drug-likeness (QED) is 0.594. The normalized spacial score (nSPS) is 25.8. The molecule has 3 heterocycles. The molecule has 0 amide bonds. The monoisotopic (exact) mass is 491 g/mol. The van der Waals surface area contributed by atoms with Gasteiger partial charge in [-0.15, -0.1) is 0 Å². The summed E-state index contributed by atoms with van der Waals surface area (Å²) < 4.78 is 99.8. The van der Waals surface area contributed by atoms with E-state index < -0.39 is 47.4 Å². The van der Waals surface area contributed by atoms with Crippen LogP contribution in [0.1, 0.15) is 22.4 Å². The number of aromatic nitrogens is 1. The summed E-state index contributed by atoms with van der Waals surface area (Å²) in [7, 11) is 0. The molecular formula is C21H16F7N3OS. The number of rotatable bonds is 4. The summed E-state index contributed by atoms with van der Waals surface area (Å²) in [5, 5.41) is 0.0882. The number of benzene rings is 1. The van der Waals surface area contributed by atoms with Gasteiger partial charge in [-0.2, -0.15) is 13.2 Å². The Balaban J connectivity index is 1.71. The Labute approximate surface area is 187 Å². The molecule has 0 spiro atoms. The van der Waals surface area contributed by atoms with Crippen molar-refractivity contribution in [2.75, 3.05) is 12.4 Å². The second kappa shape index (κ2) is 8.64. The smallest absolute Gasteiger partial charge is 0.379 e. The number of amidine groups is 1. The maximum Gasteiger partial charge on any atom is 0.417 e. The van der Waals surface area contributed by atoms with E-state index >= 15 is 0 Å². The zero-order chi connectivity index (χ0) is 24.0. The van der Waals surface area contributed by atoms with Crippen LogP contribution in [0.4, 0.5) is 30.7 Å². The Morgan fingerprint density at radius 3 is 2.64 bits per heavy atom. The Hall–Kier alpha value is -2.60. The van der Waals surface area contributed by atoms with Crippen LogP contribution in [0.5, 0.6) is 0 Å². The van der Waals surface area contributed by atoms with Gasteiger partial charge in [0.1, 0.15) is 23.3 Å². The van der Waals surface area contributed by atoms with E-state index in [0.717, 1.165) is 30.0 Å². The molecule has 0 unspecified atom stereocenters. The molecule has 0 bridgehead atoms. The third-order valence-electron chi connectivity index (χ3n) is 5.56. The number of hydrogen-bond donors (Lipinski definition) is 1. The second-order valence-corrected chi connectivity index (χ2v) is 8.60. The van der Waals surface area contributed by atoms with Crippen LogP contribution in [-0.4, -0.2) is 35.0 Å². The lowest BCUT2D eigenvalue weighted by atomic mass is 9.78. The van der Waals surface area contributed by atoms with Crippen LogP contribution < -0.4 is 5.73 Å². The van der Waals surface area contributed by atoms with Gasteiger partial charge in [0.15, 0.2) is 5.17 Å². The van der Waals surface area contributed by atoms with Gasteiger partial charge in [0.25, 0.3) is 6.43 Å². The Morgan fingerprint density at radius 2 is 2.00 bits per heavy atom. The van der Waals surface area contributed by atoms with Crippen molar-refractivity contribution in [2.24, 2.45) is 16.6 Å². The van der Waals surface area contributed by atoms with E-state index in [4.69, 9.17) is 10.5 Å². The average Bonchev–Trinajstić information content (AvgIpc) is 3.14. The van der Waals surface area contributed by atoms with Gasteiger partial charge < -0.3 is 10.5 Å². The van der Waals surface area contributed by atoms with Gasteiger partial charge in [0.05, 0.1) is 17.9 Å². The third kappa shape index (κ3) is 4.45. The molecule has 2 aliphatic heterocycles. The summed E-state index contributed by atoms with van der Waals surface area (Å²) in [4.78, 5) is 7.76. The first-order valence-corrected chi connectivity index (χ1v) is 10.6. The Morgan fingerprint density at radius 1 is 1.24 bits per heavy atom. The van der Waals surface area contributed by atoms with Crippen LogP contribution in [0.15, 0.2) is 41.5 Å². The minimum Gasteiger partial charge on any atom is -0.379 e. The first kappa shape index (κ1) is 23.6. The fourth-order valence-corrected chi connectivity index (χ4v) is 4.99. The molecule has 1 saturated heterocycles. The second-order valence-electron chi connectivity index (χ2n) is 7.56. The summed E-state index contributed by atoms with van der Waals surface area (Å²) >= 11 is 1.06. The fourth-order valence-electron chi connectivity index (χ4n) is 3.94. The van der Waals surface area contributed by atoms with Crippen molar-refractivity contribution in [3.8, 4) is 0 Å². The molecular weight excluding hydrogens is 475 g/mol. The fraction of sp³-hybridized carbons (Fsp3) is 0.333. The molecule has 2 N–H and O–H groups in total. The molecule has 0 saturated carbocycles. The number of nitrogens with two attached hydrogens (primary N) is 1. The van der Waals surface area contributed by atoms with Gasteiger partial charge in [-0.25, -0.2) is 22.6 Å². The Kier molecular flexibility index (Phi) is 6.16. The first-order chi connectivity index (χ1) is 15.5. The summed E-state index contributed by atoms with van der Waals surface area (Å²) in [6, 6.07) is 5.07. The first-order valence-electron chi connectivity index (χ1n) is 9.60. The van der Waals surface area contributed by atoms with Crippen molar-refractivity contribution >= 4 is 28.8 Å². The van der Waals surface area contributed by atoms with E-state index in [0.29, 0.717) is 12.3 Å². The number of pyridine rings is 1. The number of ether oxygens (including phenoxy) is 1. The number of thioether (sulfide) groups is 1. The highest BCUT2D eigenvalue weighted by atomic mass is 32.2. The number of alkyl halides is 5. The maximum atomic E-state index is 14.9. The minimum atomic E-state index is -4.62. The molecule has 4 rings (SSSR count). The number of aliphatic imine (C=N–C) groups is 1. The van der Waals surface area contributed by atoms with Crippen molar-refractivity contribution in [1.82, 2.24) is 4.98 Å². The summed E-state index contributed by atoms with van der Waals surface area (Å²) in [5.74, 6) is -2.46. The Bertz CT molecular complexity index is 1100. The molecule has 4 nitrogen and oxygen atoms in total. The molecule has 2 aromatic rings. The van der Waals surface area contributed by atoms with Crippen LogP contribution >= 0.6 is 11.8 Å². The number of nitrogens with zero attached hydrogens (tertiary/aromatic N) is 2. The lowest BCUT2D eigenvalue weighted by Gasteiger charge is -2.35. The molecule has 0 radical (unpaired) electrons. The standard InChI is InChI=1S/C21H16F7N3OS/c22-14-3-1-10(6-15(23)16-4-2-11(7-30-16)21(26,27)28)5-12(14)20-9-32-17(18(24)25)13(20)8-33-19(29)31-20/h1-7,13,17-18H,8-9H2,(H2,29,31)/b15-6-/t13-,17+,20-/m1/s1. The summed E-state index contributed by atoms with van der Waals surface area (Å²) in [6.45, 7) is -0.332. The predicted octanol–water partition coefficient (Wildman–Crippen LogP) is 5.24. The van der Waals surface area contributed by atoms with E-state index in [-0.39, 0.29) is 34.3 Å². The van der Waals surface area contributed by atoms with Gasteiger partial charge >= 0.3 is 6.18 Å². The predicted molar refractivity (Wildman–Crippen MR) is 110 cm³/mol. The van der Waals surface area contributed by atoms with Crippen LogP contribution in [0.2, 0.25) is 0 Å². The lowest BCUT2D eigenvalue weighted by Crippen LogP contribution is -2.43. The number of halogens is 7. The van der Waals surface area contributed by atoms with E-state index in [9.17, 15) is 30.7 Å². The molecule has 1 fully saturated rings. The third-order valence-corrected chi connectivity index (χ3v) is 6.47. The van der Waals surface area contributed by atoms with Gasteiger partial charge in [-0.05, 0) is 35.9 Å². The van der Waals surface area contributed by atoms with Gasteiger partial charge in [0.2, 0.25) is 0 Å². The highest BCUT2D eigenvalue weighted by Crippen LogP contribution is 2.49. The van der Waals surface area contributed by atoms with Gasteiger partial charge in [-0.1, -0.05) is 17.8 Å². The highest BCUT2D eigenvalue weighted by molar-refractivity contribution is 8.13. The number of fused-ring (bicyclic) bond motifs is 1. The molecule has 33 heavy (non-hydrogen) atoms. The molecule has 1 aromatic heterocycles. The zero-order valence-corrected chi connectivity index (χ0v) is 17.4. The largest absolute Gasteiger partial charge is 0.417 e. The van der Waals surface area contributed by atoms with Gasteiger partial charge in [0, 0.05) is 23.4 Å². The molecule has 12 heteroatoms. The molecule has 1 aromatic carbocycles. The molecule has 3 atom stereocenters. The molecule has 2 aliphatic rings. The summed E-state index contributed by atoms with van der Waals surface area (Å²) in [5.41, 5.74) is 2.96. The van der Waals surface area contributed by atoms with Crippen molar-refractivity contribution in [2.45, 2.75) is 24.2 Å². The van der Waals surface area contributed by atoms with E-state index in [2.05, 4.69) is 9.98 Å². The van der Waals surface area contributed by atoms with Gasteiger partial charge in [-0.3, -0.25) is 4.98 Å². The van der Waals surface area contributed by atoms with Crippen LogP contribution in [0.3, 0.4) is 0 Å². The topological polar surface area (TPSA) is 60.5 Å². The van der Waals surface area contributed by atoms with Crippen molar-refractivity contribution in [3.05, 3.63) is 64.7 Å². The maximum absolute atomic E-state index is 14.9. The van der Waals surface area contributed by atoms with E-state index in [1.807, 2.05) is 0 Å². The van der Waals surface area contributed by atoms with Crippen LogP contribution in [0.25, 0.3) is 11.9 Å².